The molecule has 2 amide bonds. The number of aliphatic hydroxyl groups excluding tert-OH is 1. The minimum Gasteiger partial charge on any atom is -0.394 e. The summed E-state index contributed by atoms with van der Waals surface area (Å²) in [6.45, 7) is 0.399. The molecule has 2 aliphatic rings. The van der Waals surface area contributed by atoms with Crippen molar-refractivity contribution < 1.29 is 14.7 Å². The van der Waals surface area contributed by atoms with E-state index in [4.69, 9.17) is 0 Å². The van der Waals surface area contributed by atoms with E-state index in [1.807, 2.05) is 0 Å². The van der Waals surface area contributed by atoms with Crippen molar-refractivity contribution in [2.75, 3.05) is 13.2 Å². The van der Waals surface area contributed by atoms with E-state index in [0.29, 0.717) is 13.0 Å². The Labute approximate surface area is 114 Å². The molecule has 0 heterocycles. The predicted molar refractivity (Wildman–Crippen MR) is 71.4 cm³/mol. The van der Waals surface area contributed by atoms with Gasteiger partial charge in [-0.2, -0.15) is 0 Å². The van der Waals surface area contributed by atoms with Crippen LogP contribution in [0.5, 0.6) is 0 Å². The molecular weight excluding hydrogens is 244 g/mol. The van der Waals surface area contributed by atoms with E-state index < -0.39 is 0 Å². The summed E-state index contributed by atoms with van der Waals surface area (Å²) in [4.78, 5) is 23.5. The maximum atomic E-state index is 11.8. The largest absolute Gasteiger partial charge is 0.394 e. The fourth-order valence-electron chi connectivity index (χ4n) is 2.92. The van der Waals surface area contributed by atoms with Crippen LogP contribution in [0.2, 0.25) is 0 Å². The summed E-state index contributed by atoms with van der Waals surface area (Å²) in [6.07, 6.45) is 7.28. The van der Waals surface area contributed by atoms with E-state index in [1.165, 1.54) is 0 Å². The molecule has 0 radical (unpaired) electrons. The number of rotatable bonds is 6. The van der Waals surface area contributed by atoms with E-state index in [1.54, 1.807) is 0 Å². The van der Waals surface area contributed by atoms with Gasteiger partial charge in [0, 0.05) is 18.9 Å². The van der Waals surface area contributed by atoms with Crippen LogP contribution in [0.1, 0.15) is 51.4 Å². The maximum absolute atomic E-state index is 11.8. The van der Waals surface area contributed by atoms with Crippen molar-refractivity contribution in [3.05, 3.63) is 0 Å². The number of aliphatic hydroxyl groups is 1. The zero-order valence-corrected chi connectivity index (χ0v) is 11.4. The van der Waals surface area contributed by atoms with Gasteiger partial charge in [0.15, 0.2) is 0 Å². The first-order valence-corrected chi connectivity index (χ1v) is 7.35. The minimum atomic E-state index is -0.382. The van der Waals surface area contributed by atoms with E-state index >= 15 is 0 Å². The number of amides is 2. The molecule has 5 nitrogen and oxygen atoms in total. The Kier molecular flexibility index (Phi) is 4.80. The third-order valence-corrected chi connectivity index (χ3v) is 4.40. The highest BCUT2D eigenvalue weighted by molar-refractivity contribution is 5.81. The SMILES string of the molecule is O=C(CCNC(=O)C1CCCC1)NC1(CO)CCC1. The highest BCUT2D eigenvalue weighted by atomic mass is 16.3. The molecule has 0 aromatic rings. The van der Waals surface area contributed by atoms with Crippen LogP contribution in [0.4, 0.5) is 0 Å². The standard InChI is InChI=1S/C14H24N2O3/c17-10-14(7-3-8-14)16-12(18)6-9-15-13(19)11-4-1-2-5-11/h11,17H,1-10H2,(H,15,19)(H,16,18). The molecule has 0 unspecified atom stereocenters. The smallest absolute Gasteiger partial charge is 0.223 e. The number of carbonyl (C=O) groups excluding carboxylic acids is 2. The van der Waals surface area contributed by atoms with Gasteiger partial charge in [0.2, 0.25) is 11.8 Å². The molecule has 19 heavy (non-hydrogen) atoms. The first-order chi connectivity index (χ1) is 9.15. The Morgan fingerprint density at radius 1 is 1.16 bits per heavy atom. The third-order valence-electron chi connectivity index (χ3n) is 4.40. The molecule has 2 fully saturated rings. The van der Waals surface area contributed by atoms with Gasteiger partial charge >= 0.3 is 0 Å². The van der Waals surface area contributed by atoms with Crippen LogP contribution in [0, 0.1) is 5.92 Å². The van der Waals surface area contributed by atoms with Crippen LogP contribution >= 0.6 is 0 Å². The lowest BCUT2D eigenvalue weighted by Gasteiger charge is -2.41. The normalized spacial score (nSPS) is 21.7. The second-order valence-corrected chi connectivity index (χ2v) is 5.86. The summed E-state index contributed by atoms with van der Waals surface area (Å²) in [5, 5.41) is 15.0. The van der Waals surface area contributed by atoms with Crippen molar-refractivity contribution >= 4 is 11.8 Å². The molecule has 0 aromatic carbocycles. The molecule has 0 aromatic heterocycles. The van der Waals surface area contributed by atoms with Gasteiger partial charge in [-0.1, -0.05) is 12.8 Å². The summed E-state index contributed by atoms with van der Waals surface area (Å²) in [7, 11) is 0. The fraction of sp³-hybridized carbons (Fsp3) is 0.857. The Morgan fingerprint density at radius 3 is 2.37 bits per heavy atom. The van der Waals surface area contributed by atoms with Crippen LogP contribution in [-0.4, -0.2) is 35.6 Å². The van der Waals surface area contributed by atoms with Gasteiger partial charge in [0.25, 0.3) is 0 Å². The van der Waals surface area contributed by atoms with Gasteiger partial charge in [-0.25, -0.2) is 0 Å². The van der Waals surface area contributed by atoms with Crippen molar-refractivity contribution in [2.45, 2.75) is 56.9 Å². The summed E-state index contributed by atoms with van der Waals surface area (Å²) in [6, 6.07) is 0. The van der Waals surface area contributed by atoms with Gasteiger partial charge < -0.3 is 15.7 Å². The maximum Gasteiger partial charge on any atom is 0.223 e. The second kappa shape index (κ2) is 6.37. The number of hydrogen-bond acceptors (Lipinski definition) is 3. The highest BCUT2D eigenvalue weighted by Crippen LogP contribution is 2.31. The summed E-state index contributed by atoms with van der Waals surface area (Å²) >= 11 is 0. The van der Waals surface area contributed by atoms with Crippen LogP contribution in [0.15, 0.2) is 0 Å². The van der Waals surface area contributed by atoms with Gasteiger partial charge in [0.1, 0.15) is 0 Å². The molecule has 3 N–H and O–H groups in total. The van der Waals surface area contributed by atoms with Crippen molar-refractivity contribution in [2.24, 2.45) is 5.92 Å². The molecule has 2 saturated carbocycles. The summed E-state index contributed by atoms with van der Waals surface area (Å²) in [5.41, 5.74) is -0.382. The molecule has 5 heteroatoms. The summed E-state index contributed by atoms with van der Waals surface area (Å²) < 4.78 is 0. The van der Waals surface area contributed by atoms with Crippen molar-refractivity contribution in [3.63, 3.8) is 0 Å². The molecule has 0 spiro atoms. The van der Waals surface area contributed by atoms with Crippen LogP contribution in [0.25, 0.3) is 0 Å². The molecule has 0 atom stereocenters. The molecular formula is C14H24N2O3. The first-order valence-electron chi connectivity index (χ1n) is 7.35. The molecule has 0 saturated heterocycles. The monoisotopic (exact) mass is 268 g/mol. The Morgan fingerprint density at radius 2 is 1.84 bits per heavy atom. The lowest BCUT2D eigenvalue weighted by molar-refractivity contribution is -0.126. The van der Waals surface area contributed by atoms with Gasteiger partial charge in [-0.15, -0.1) is 0 Å². The Hall–Kier alpha value is -1.10. The number of nitrogens with one attached hydrogen (secondary N) is 2. The molecule has 0 bridgehead atoms. The van der Waals surface area contributed by atoms with Gasteiger partial charge in [0.05, 0.1) is 12.1 Å². The van der Waals surface area contributed by atoms with E-state index in [0.717, 1.165) is 44.9 Å². The topological polar surface area (TPSA) is 78.4 Å². The van der Waals surface area contributed by atoms with Crippen LogP contribution in [0.3, 0.4) is 0 Å². The number of carbonyl (C=O) groups is 2. The van der Waals surface area contributed by atoms with Gasteiger partial charge in [-0.05, 0) is 32.1 Å². The fourth-order valence-corrected chi connectivity index (χ4v) is 2.92. The van der Waals surface area contributed by atoms with E-state index in [-0.39, 0.29) is 29.9 Å². The average Bonchev–Trinajstić information content (AvgIpc) is 2.87. The lowest BCUT2D eigenvalue weighted by Crippen LogP contribution is -2.56. The minimum absolute atomic E-state index is 0.00712. The Balaban J connectivity index is 1.62. The zero-order valence-electron chi connectivity index (χ0n) is 11.4. The predicted octanol–water partition coefficient (Wildman–Crippen LogP) is 0.714. The van der Waals surface area contributed by atoms with Crippen LogP contribution in [-0.2, 0) is 9.59 Å². The van der Waals surface area contributed by atoms with Crippen molar-refractivity contribution in [1.29, 1.82) is 0 Å². The molecule has 2 aliphatic carbocycles. The average molecular weight is 268 g/mol. The summed E-state index contributed by atoms with van der Waals surface area (Å²) in [5.74, 6) is 0.157. The number of hydrogen-bond donors (Lipinski definition) is 3. The second-order valence-electron chi connectivity index (χ2n) is 5.86. The Bertz CT molecular complexity index is 328. The van der Waals surface area contributed by atoms with E-state index in [2.05, 4.69) is 10.6 Å². The quantitative estimate of drug-likeness (QED) is 0.664. The van der Waals surface area contributed by atoms with Crippen LogP contribution < -0.4 is 10.6 Å². The van der Waals surface area contributed by atoms with Crippen molar-refractivity contribution in [3.8, 4) is 0 Å². The molecule has 0 aliphatic heterocycles. The molecule has 108 valence electrons. The lowest BCUT2D eigenvalue weighted by atomic mass is 9.77. The molecule has 2 rings (SSSR count). The van der Waals surface area contributed by atoms with Gasteiger partial charge in [-0.3, -0.25) is 9.59 Å². The highest BCUT2D eigenvalue weighted by Gasteiger charge is 2.37. The third kappa shape index (κ3) is 3.69. The zero-order chi connectivity index (χ0) is 13.7. The first kappa shape index (κ1) is 14.3. The van der Waals surface area contributed by atoms with Crippen molar-refractivity contribution in [1.82, 2.24) is 10.6 Å². The van der Waals surface area contributed by atoms with E-state index in [9.17, 15) is 14.7 Å².